The van der Waals surface area contributed by atoms with E-state index in [4.69, 9.17) is 18.9 Å². The molecule has 0 unspecified atom stereocenters. The molecule has 1 saturated heterocycles. The molecule has 3 aromatic carbocycles. The van der Waals surface area contributed by atoms with Crippen molar-refractivity contribution >= 4 is 5.91 Å². The highest BCUT2D eigenvalue weighted by Crippen LogP contribution is 2.32. The molecular formula is C27H30N2O5. The topological polar surface area (TPSA) is 69.3 Å². The van der Waals surface area contributed by atoms with Crippen molar-refractivity contribution in [2.24, 2.45) is 0 Å². The molecule has 0 radical (unpaired) electrons. The molecule has 1 aliphatic rings. The van der Waals surface area contributed by atoms with Gasteiger partial charge in [-0.2, -0.15) is 0 Å². The van der Waals surface area contributed by atoms with E-state index in [0.29, 0.717) is 42.6 Å². The van der Waals surface area contributed by atoms with E-state index < -0.39 is 0 Å². The lowest BCUT2D eigenvalue weighted by Crippen LogP contribution is -2.43. The van der Waals surface area contributed by atoms with E-state index in [1.807, 2.05) is 60.7 Å². The Kier molecular flexibility index (Phi) is 8.01. The molecule has 4 rings (SSSR count). The van der Waals surface area contributed by atoms with Crippen molar-refractivity contribution in [2.45, 2.75) is 6.04 Å². The number of benzene rings is 3. The van der Waals surface area contributed by atoms with E-state index in [0.717, 1.165) is 24.4 Å². The number of methoxy groups -OCH3 is 2. The van der Waals surface area contributed by atoms with Crippen LogP contribution < -0.4 is 19.5 Å². The fourth-order valence-electron chi connectivity index (χ4n) is 4.02. The zero-order chi connectivity index (χ0) is 23.8. The summed E-state index contributed by atoms with van der Waals surface area (Å²) in [6, 6.07) is 22.6. The van der Waals surface area contributed by atoms with Gasteiger partial charge in [0.2, 0.25) is 0 Å². The number of hydrogen-bond donors (Lipinski definition) is 1. The van der Waals surface area contributed by atoms with E-state index in [-0.39, 0.29) is 11.9 Å². The van der Waals surface area contributed by atoms with Crippen molar-refractivity contribution in [3.63, 3.8) is 0 Å². The highest BCUT2D eigenvalue weighted by molar-refractivity contribution is 5.94. The van der Waals surface area contributed by atoms with Gasteiger partial charge in [0.25, 0.3) is 5.91 Å². The van der Waals surface area contributed by atoms with Crippen molar-refractivity contribution in [3.05, 3.63) is 83.9 Å². The third-order valence-electron chi connectivity index (χ3n) is 5.81. The second-order valence-corrected chi connectivity index (χ2v) is 7.93. The number of morpholine rings is 1. The van der Waals surface area contributed by atoms with Crippen LogP contribution in [0.4, 0.5) is 0 Å². The average molecular weight is 463 g/mol. The minimum atomic E-state index is -0.155. The van der Waals surface area contributed by atoms with Crippen molar-refractivity contribution < 1.29 is 23.7 Å². The summed E-state index contributed by atoms with van der Waals surface area (Å²) < 4.78 is 22.3. The molecule has 1 amide bonds. The van der Waals surface area contributed by atoms with Crippen LogP contribution in [0.1, 0.15) is 22.0 Å². The monoisotopic (exact) mass is 462 g/mol. The smallest absolute Gasteiger partial charge is 0.251 e. The van der Waals surface area contributed by atoms with Crippen LogP contribution in [0.25, 0.3) is 0 Å². The quantitative estimate of drug-likeness (QED) is 0.511. The molecule has 1 fully saturated rings. The van der Waals surface area contributed by atoms with E-state index in [1.54, 1.807) is 26.4 Å². The molecule has 3 aromatic rings. The lowest BCUT2D eigenvalue weighted by molar-refractivity contribution is 0.0162. The van der Waals surface area contributed by atoms with Crippen molar-refractivity contribution in [1.29, 1.82) is 0 Å². The van der Waals surface area contributed by atoms with Gasteiger partial charge in [0.15, 0.2) is 11.5 Å². The zero-order valence-corrected chi connectivity index (χ0v) is 19.5. The Hall–Kier alpha value is -3.55. The number of nitrogens with one attached hydrogen (secondary N) is 1. The molecule has 0 aromatic heterocycles. The Labute approximate surface area is 200 Å². The van der Waals surface area contributed by atoms with Crippen LogP contribution in [0.2, 0.25) is 0 Å². The first-order valence-corrected chi connectivity index (χ1v) is 11.3. The van der Waals surface area contributed by atoms with Gasteiger partial charge in [-0.05, 0) is 48.0 Å². The van der Waals surface area contributed by atoms with Crippen LogP contribution in [0.3, 0.4) is 0 Å². The maximum Gasteiger partial charge on any atom is 0.251 e. The molecular weight excluding hydrogens is 432 g/mol. The number of hydrogen-bond acceptors (Lipinski definition) is 6. The predicted molar refractivity (Wildman–Crippen MR) is 130 cm³/mol. The predicted octanol–water partition coefficient (Wildman–Crippen LogP) is 4.30. The highest BCUT2D eigenvalue weighted by Gasteiger charge is 2.24. The maximum absolute atomic E-state index is 13.0. The van der Waals surface area contributed by atoms with Crippen LogP contribution in [0.5, 0.6) is 23.0 Å². The first kappa shape index (κ1) is 23.6. The van der Waals surface area contributed by atoms with Gasteiger partial charge in [0, 0.05) is 25.2 Å². The van der Waals surface area contributed by atoms with Crippen LogP contribution in [0, 0.1) is 0 Å². The SMILES string of the molecule is COc1ccc([C@@H](CNC(=O)c2cccc(Oc3ccccc3)c2)N2CCOCC2)cc1OC. The highest BCUT2D eigenvalue weighted by atomic mass is 16.5. The number of para-hydroxylation sites is 1. The fraction of sp³-hybridized carbons (Fsp3) is 0.296. The van der Waals surface area contributed by atoms with E-state index >= 15 is 0 Å². The summed E-state index contributed by atoms with van der Waals surface area (Å²) in [5, 5.41) is 3.10. The van der Waals surface area contributed by atoms with Gasteiger partial charge in [-0.25, -0.2) is 0 Å². The number of rotatable bonds is 9. The third kappa shape index (κ3) is 5.87. The Balaban J connectivity index is 1.49. The molecule has 7 heteroatoms. The molecule has 1 N–H and O–H groups in total. The van der Waals surface area contributed by atoms with Gasteiger partial charge in [-0.3, -0.25) is 9.69 Å². The summed E-state index contributed by atoms with van der Waals surface area (Å²) in [5.74, 6) is 2.52. The molecule has 0 spiro atoms. The van der Waals surface area contributed by atoms with Crippen molar-refractivity contribution in [3.8, 4) is 23.0 Å². The molecule has 1 aliphatic heterocycles. The Bertz CT molecular complexity index is 1080. The summed E-state index contributed by atoms with van der Waals surface area (Å²) in [6.45, 7) is 3.34. The first-order chi connectivity index (χ1) is 16.7. The number of carbonyl (C=O) groups excluding carboxylic acids is 1. The molecule has 34 heavy (non-hydrogen) atoms. The molecule has 0 aliphatic carbocycles. The van der Waals surface area contributed by atoms with Crippen molar-refractivity contribution in [2.75, 3.05) is 47.1 Å². The number of ether oxygens (including phenoxy) is 4. The lowest BCUT2D eigenvalue weighted by Gasteiger charge is -2.35. The molecule has 1 heterocycles. The molecule has 178 valence electrons. The fourth-order valence-corrected chi connectivity index (χ4v) is 4.02. The van der Waals surface area contributed by atoms with Gasteiger partial charge in [0.05, 0.1) is 33.5 Å². The summed E-state index contributed by atoms with van der Waals surface area (Å²) in [6.07, 6.45) is 0. The van der Waals surface area contributed by atoms with Gasteiger partial charge < -0.3 is 24.3 Å². The first-order valence-electron chi connectivity index (χ1n) is 11.3. The minimum absolute atomic E-state index is 0.0311. The lowest BCUT2D eigenvalue weighted by atomic mass is 10.0. The van der Waals surface area contributed by atoms with Gasteiger partial charge in [-0.15, -0.1) is 0 Å². The molecule has 0 bridgehead atoms. The van der Waals surface area contributed by atoms with Crippen LogP contribution in [-0.2, 0) is 4.74 Å². The van der Waals surface area contributed by atoms with E-state index in [9.17, 15) is 4.79 Å². The van der Waals surface area contributed by atoms with Gasteiger partial charge in [-0.1, -0.05) is 30.3 Å². The van der Waals surface area contributed by atoms with Gasteiger partial charge >= 0.3 is 0 Å². The Morgan fingerprint density at radius 2 is 1.65 bits per heavy atom. The van der Waals surface area contributed by atoms with Crippen LogP contribution in [-0.4, -0.2) is 57.9 Å². The number of carbonyl (C=O) groups is 1. The van der Waals surface area contributed by atoms with E-state index in [1.165, 1.54) is 0 Å². The van der Waals surface area contributed by atoms with Crippen LogP contribution >= 0.6 is 0 Å². The molecule has 0 saturated carbocycles. The Morgan fingerprint density at radius 1 is 0.912 bits per heavy atom. The zero-order valence-electron chi connectivity index (χ0n) is 19.5. The van der Waals surface area contributed by atoms with Crippen LogP contribution in [0.15, 0.2) is 72.8 Å². The number of amides is 1. The molecule has 1 atom stereocenters. The maximum atomic E-state index is 13.0. The summed E-state index contributed by atoms with van der Waals surface area (Å²) in [4.78, 5) is 15.4. The Morgan fingerprint density at radius 3 is 2.38 bits per heavy atom. The summed E-state index contributed by atoms with van der Waals surface area (Å²) in [5.41, 5.74) is 1.59. The number of nitrogens with zero attached hydrogens (tertiary/aromatic N) is 1. The average Bonchev–Trinajstić information content (AvgIpc) is 2.90. The second kappa shape index (κ2) is 11.5. The second-order valence-electron chi connectivity index (χ2n) is 7.93. The summed E-state index contributed by atoms with van der Waals surface area (Å²) >= 11 is 0. The van der Waals surface area contributed by atoms with Gasteiger partial charge in [0.1, 0.15) is 11.5 Å². The standard InChI is InChI=1S/C27H30N2O5/c1-31-25-12-11-20(18-26(25)32-2)24(29-13-15-33-16-14-29)19-28-27(30)21-7-6-10-23(17-21)34-22-8-4-3-5-9-22/h3-12,17-18,24H,13-16,19H2,1-2H3,(H,28,30)/t24-/m1/s1. The van der Waals surface area contributed by atoms with Crippen molar-refractivity contribution in [1.82, 2.24) is 10.2 Å². The summed E-state index contributed by atoms with van der Waals surface area (Å²) in [7, 11) is 3.24. The minimum Gasteiger partial charge on any atom is -0.493 e. The molecule has 7 nitrogen and oxygen atoms in total. The van der Waals surface area contributed by atoms with E-state index in [2.05, 4.69) is 10.2 Å². The normalized spacial score (nSPS) is 14.8. The third-order valence-corrected chi connectivity index (χ3v) is 5.81. The largest absolute Gasteiger partial charge is 0.493 e.